The van der Waals surface area contributed by atoms with E-state index in [9.17, 15) is 25.3 Å². The molecule has 3 aromatic rings. The van der Waals surface area contributed by atoms with Crippen molar-refractivity contribution in [2.75, 3.05) is 0 Å². The highest BCUT2D eigenvalue weighted by Gasteiger charge is 2.11. The minimum Gasteiger partial charge on any atom is -0.479 e. The van der Waals surface area contributed by atoms with Crippen molar-refractivity contribution in [3.05, 3.63) is 85.4 Å². The van der Waals surface area contributed by atoms with Crippen LogP contribution in [0, 0.1) is 27.2 Å². The first-order valence-electron chi connectivity index (χ1n) is 8.25. The van der Waals surface area contributed by atoms with Gasteiger partial charge in [-0.05, 0) is 24.1 Å². The first kappa shape index (κ1) is 19.4. The van der Waals surface area contributed by atoms with Gasteiger partial charge < -0.3 is 9.52 Å². The fourth-order valence-corrected chi connectivity index (χ4v) is 2.39. The van der Waals surface area contributed by atoms with Gasteiger partial charge >= 0.3 is 5.95 Å². The van der Waals surface area contributed by atoms with Crippen molar-refractivity contribution in [1.82, 2.24) is 4.98 Å². The maximum absolute atomic E-state index is 10.9. The highest BCUT2D eigenvalue weighted by Crippen LogP contribution is 2.25. The van der Waals surface area contributed by atoms with Crippen molar-refractivity contribution in [1.29, 1.82) is 0 Å². The summed E-state index contributed by atoms with van der Waals surface area (Å²) in [6, 6.07) is 10.2. The van der Waals surface area contributed by atoms with E-state index in [1.54, 1.807) is 31.2 Å². The summed E-state index contributed by atoms with van der Waals surface area (Å²) < 4.78 is 5.12. The number of aliphatic imine (C=N–C) groups is 1. The molecule has 0 saturated carbocycles. The second-order valence-electron chi connectivity index (χ2n) is 5.91. The molecule has 0 unspecified atom stereocenters. The lowest BCUT2D eigenvalue weighted by atomic mass is 10.2. The molecule has 2 aromatic carbocycles. The van der Waals surface area contributed by atoms with E-state index >= 15 is 0 Å². The minimum absolute atomic E-state index is 0.0367. The minimum atomic E-state index is -0.525. The van der Waals surface area contributed by atoms with E-state index in [2.05, 4.69) is 9.98 Å². The zero-order valence-electron chi connectivity index (χ0n) is 15.1. The van der Waals surface area contributed by atoms with Crippen molar-refractivity contribution >= 4 is 35.4 Å². The lowest BCUT2D eigenvalue weighted by Crippen LogP contribution is -1.88. The van der Waals surface area contributed by atoms with Crippen molar-refractivity contribution in [3.63, 3.8) is 0 Å². The fraction of sp³-hybridized carbons (Fsp3) is 0.0526. The van der Waals surface area contributed by atoms with E-state index in [1.165, 1.54) is 36.6 Å². The molecular weight excluding hydrogens is 380 g/mol. The predicted octanol–water partition coefficient (Wildman–Crippen LogP) is 4.43. The number of aromatic nitrogens is 1. The number of nitro groups is 2. The van der Waals surface area contributed by atoms with Gasteiger partial charge in [-0.1, -0.05) is 18.2 Å². The van der Waals surface area contributed by atoms with Gasteiger partial charge in [0.15, 0.2) is 5.69 Å². The third kappa shape index (κ3) is 4.69. The van der Waals surface area contributed by atoms with E-state index < -0.39 is 15.8 Å². The zero-order chi connectivity index (χ0) is 21.0. The number of hydrogen-bond acceptors (Lipinski definition) is 8. The molecule has 0 atom stereocenters. The quantitative estimate of drug-likeness (QED) is 0.370. The second kappa shape index (κ2) is 8.13. The number of aryl methyl sites for hydroxylation is 1. The Balaban J connectivity index is 1.81. The van der Waals surface area contributed by atoms with Crippen molar-refractivity contribution in [2.24, 2.45) is 4.99 Å². The molecule has 0 aliphatic heterocycles. The summed E-state index contributed by atoms with van der Waals surface area (Å²) in [5.41, 5.74) is 1.50. The summed E-state index contributed by atoms with van der Waals surface area (Å²) in [6.07, 6.45) is 4.22. The van der Waals surface area contributed by atoms with Crippen LogP contribution < -0.4 is 0 Å². The van der Waals surface area contributed by atoms with E-state index in [4.69, 9.17) is 4.42 Å². The van der Waals surface area contributed by atoms with Crippen LogP contribution in [0.2, 0.25) is 0 Å². The Kier molecular flexibility index (Phi) is 5.44. The molecule has 0 amide bonds. The Hall–Kier alpha value is -4.34. The molecule has 1 N–H and O–H groups in total. The van der Waals surface area contributed by atoms with E-state index in [0.29, 0.717) is 16.8 Å². The van der Waals surface area contributed by atoms with E-state index in [-0.39, 0.29) is 23.0 Å². The van der Waals surface area contributed by atoms with Crippen LogP contribution in [0.1, 0.15) is 22.7 Å². The van der Waals surface area contributed by atoms with E-state index in [1.807, 2.05) is 0 Å². The van der Waals surface area contributed by atoms with Gasteiger partial charge in [-0.2, -0.15) is 0 Å². The molecule has 0 radical (unpaired) electrons. The Labute approximate surface area is 163 Å². The molecule has 146 valence electrons. The topological polar surface area (TPSA) is 145 Å². The van der Waals surface area contributed by atoms with Crippen LogP contribution in [0.15, 0.2) is 51.9 Å². The summed E-state index contributed by atoms with van der Waals surface area (Å²) >= 11 is 0. The third-order valence-corrected chi connectivity index (χ3v) is 3.88. The van der Waals surface area contributed by atoms with E-state index in [0.717, 1.165) is 0 Å². The number of hydrogen-bond donors (Lipinski definition) is 1. The molecule has 3 rings (SSSR count). The zero-order valence-corrected chi connectivity index (χ0v) is 15.1. The number of nitrogens with zero attached hydrogens (tertiary/aromatic N) is 4. The summed E-state index contributed by atoms with van der Waals surface area (Å²) in [6.45, 7) is 1.74. The van der Waals surface area contributed by atoms with Gasteiger partial charge in [-0.3, -0.25) is 25.2 Å². The van der Waals surface area contributed by atoms with Crippen LogP contribution in [-0.4, -0.2) is 26.2 Å². The average Bonchev–Trinajstić information content (AvgIpc) is 3.05. The molecule has 0 saturated heterocycles. The highest BCUT2D eigenvalue weighted by atomic mass is 16.6. The van der Waals surface area contributed by atoms with Crippen molar-refractivity contribution in [2.45, 2.75) is 6.92 Å². The molecule has 0 aliphatic carbocycles. The number of oxazole rings is 1. The van der Waals surface area contributed by atoms with Gasteiger partial charge in [-0.15, -0.1) is 0 Å². The lowest BCUT2D eigenvalue weighted by molar-refractivity contribution is -0.385. The molecular formula is C19H14N4O6. The Morgan fingerprint density at radius 1 is 1.07 bits per heavy atom. The van der Waals surface area contributed by atoms with Gasteiger partial charge in [0.05, 0.1) is 21.7 Å². The number of non-ortho nitro benzene ring substituents is 2. The molecule has 1 heterocycles. The average molecular weight is 394 g/mol. The van der Waals surface area contributed by atoms with Crippen LogP contribution >= 0.6 is 0 Å². The molecule has 10 heteroatoms. The molecule has 29 heavy (non-hydrogen) atoms. The maximum Gasteiger partial charge on any atom is 0.312 e. The van der Waals surface area contributed by atoms with Crippen LogP contribution in [0.25, 0.3) is 12.2 Å². The second-order valence-corrected chi connectivity index (χ2v) is 5.91. The van der Waals surface area contributed by atoms with Gasteiger partial charge in [0.25, 0.3) is 11.4 Å². The van der Waals surface area contributed by atoms with Crippen LogP contribution in [0.5, 0.6) is 5.95 Å². The van der Waals surface area contributed by atoms with Gasteiger partial charge in [-0.25, -0.2) is 4.98 Å². The van der Waals surface area contributed by atoms with Crippen molar-refractivity contribution < 1.29 is 19.4 Å². The summed E-state index contributed by atoms with van der Waals surface area (Å²) in [4.78, 5) is 28.9. The molecule has 0 spiro atoms. The predicted molar refractivity (Wildman–Crippen MR) is 105 cm³/mol. The summed E-state index contributed by atoms with van der Waals surface area (Å²) in [5.74, 6) is -0.415. The van der Waals surface area contributed by atoms with Crippen LogP contribution in [-0.2, 0) is 0 Å². The molecule has 1 aromatic heterocycles. The molecule has 0 fully saturated rings. The Morgan fingerprint density at radius 3 is 2.52 bits per heavy atom. The third-order valence-electron chi connectivity index (χ3n) is 3.88. The Morgan fingerprint density at radius 2 is 1.79 bits per heavy atom. The van der Waals surface area contributed by atoms with Crippen LogP contribution in [0.3, 0.4) is 0 Å². The highest BCUT2D eigenvalue weighted by molar-refractivity contribution is 5.83. The number of rotatable bonds is 6. The number of benzene rings is 2. The normalized spacial score (nSPS) is 11.3. The van der Waals surface area contributed by atoms with Crippen LogP contribution in [0.4, 0.5) is 17.1 Å². The smallest absolute Gasteiger partial charge is 0.312 e. The molecule has 0 aliphatic rings. The fourth-order valence-electron chi connectivity index (χ4n) is 2.39. The van der Waals surface area contributed by atoms with Gasteiger partial charge in [0.1, 0.15) is 0 Å². The summed E-state index contributed by atoms with van der Waals surface area (Å²) in [7, 11) is 0. The lowest BCUT2D eigenvalue weighted by Gasteiger charge is -1.98. The SMILES string of the molecule is Cc1ccc([N+](=O)[O-])cc1N=Cc1nc(/C=C/c2cccc([N+](=O)[O-])c2)oc1O. The Bertz CT molecular complexity index is 1150. The molecule has 0 bridgehead atoms. The number of nitro benzene ring substituents is 2. The first-order chi connectivity index (χ1) is 13.8. The van der Waals surface area contributed by atoms with Crippen molar-refractivity contribution in [3.8, 4) is 5.95 Å². The largest absolute Gasteiger partial charge is 0.479 e. The standard InChI is InChI=1S/C19H14N4O6/c1-12-5-7-15(23(27)28)10-16(12)20-11-17-19(24)29-18(21-17)8-6-13-3-2-4-14(9-13)22(25)26/h2-11,24H,1H3/b8-6+,20-11?. The number of aromatic hydroxyl groups is 1. The molecule has 10 nitrogen and oxygen atoms in total. The maximum atomic E-state index is 10.9. The first-order valence-corrected chi connectivity index (χ1v) is 8.25. The van der Waals surface area contributed by atoms with Gasteiger partial charge in [0.2, 0.25) is 5.89 Å². The monoisotopic (exact) mass is 394 g/mol. The van der Waals surface area contributed by atoms with Gasteiger partial charge in [0, 0.05) is 30.3 Å². The summed E-state index contributed by atoms with van der Waals surface area (Å²) in [5, 5.41) is 31.6.